The van der Waals surface area contributed by atoms with Crippen LogP contribution in [0.4, 0.5) is 28.9 Å². The Labute approximate surface area is 227 Å². The Balaban J connectivity index is 1.41. The molecular formula is C28H26F4N2O2S2. The van der Waals surface area contributed by atoms with Crippen molar-refractivity contribution in [1.82, 2.24) is 0 Å². The van der Waals surface area contributed by atoms with Crippen LogP contribution in [0.15, 0.2) is 60.7 Å². The fourth-order valence-corrected chi connectivity index (χ4v) is 7.49. The van der Waals surface area contributed by atoms with Gasteiger partial charge in [0.1, 0.15) is 6.61 Å². The van der Waals surface area contributed by atoms with Crippen LogP contribution in [0.1, 0.15) is 44.5 Å². The van der Waals surface area contributed by atoms with Crippen molar-refractivity contribution in [1.29, 1.82) is 0 Å². The summed E-state index contributed by atoms with van der Waals surface area (Å²) >= 11 is 3.28. The molecule has 200 valence electrons. The van der Waals surface area contributed by atoms with Crippen molar-refractivity contribution < 1.29 is 27.1 Å². The molecular weight excluding hydrogens is 536 g/mol. The lowest BCUT2D eigenvalue weighted by atomic mass is 10.1. The summed E-state index contributed by atoms with van der Waals surface area (Å²) in [6.07, 6.45) is -2.90. The number of nitrogens with one attached hydrogen (secondary N) is 1. The highest BCUT2D eigenvalue weighted by molar-refractivity contribution is 8.19. The van der Waals surface area contributed by atoms with E-state index < -0.39 is 23.5 Å². The molecule has 10 heteroatoms. The van der Waals surface area contributed by atoms with Gasteiger partial charge in [-0.1, -0.05) is 30.3 Å². The van der Waals surface area contributed by atoms with E-state index in [4.69, 9.17) is 4.74 Å². The molecule has 3 aromatic rings. The summed E-state index contributed by atoms with van der Waals surface area (Å²) in [5.74, 6) is 0.489. The maximum atomic E-state index is 15.3. The first-order chi connectivity index (χ1) is 18.3. The van der Waals surface area contributed by atoms with E-state index in [1.54, 1.807) is 34.5 Å². The number of thioether (sulfide) groups is 2. The van der Waals surface area contributed by atoms with E-state index in [9.17, 15) is 18.0 Å². The summed E-state index contributed by atoms with van der Waals surface area (Å²) in [5, 5.41) is 2.53. The van der Waals surface area contributed by atoms with Gasteiger partial charge < -0.3 is 15.0 Å². The lowest BCUT2D eigenvalue weighted by Gasteiger charge is -2.23. The number of anilines is 2. The van der Waals surface area contributed by atoms with Crippen molar-refractivity contribution in [3.05, 3.63) is 88.7 Å². The molecule has 0 aliphatic carbocycles. The first kappa shape index (κ1) is 26.7. The summed E-state index contributed by atoms with van der Waals surface area (Å²) in [6.45, 7) is 1.29. The van der Waals surface area contributed by atoms with E-state index in [1.165, 1.54) is 12.1 Å². The van der Waals surface area contributed by atoms with Crippen LogP contribution in [0.3, 0.4) is 0 Å². The average molecular weight is 563 g/mol. The molecule has 38 heavy (non-hydrogen) atoms. The highest BCUT2D eigenvalue weighted by atomic mass is 32.2. The minimum absolute atomic E-state index is 0.00116. The van der Waals surface area contributed by atoms with Gasteiger partial charge in [-0.25, -0.2) is 4.39 Å². The second-order valence-electron chi connectivity index (χ2n) is 9.10. The molecule has 0 saturated carbocycles. The molecule has 1 amide bonds. The fraction of sp³-hybridized carbons (Fsp3) is 0.321. The second kappa shape index (κ2) is 11.5. The number of carbonyl (C=O) groups excluding carboxylic acids is 1. The van der Waals surface area contributed by atoms with Gasteiger partial charge in [0.15, 0.2) is 11.6 Å². The topological polar surface area (TPSA) is 41.6 Å². The van der Waals surface area contributed by atoms with Crippen LogP contribution in [0.25, 0.3) is 0 Å². The molecule has 2 saturated heterocycles. The molecule has 5 rings (SSSR count). The Morgan fingerprint density at radius 3 is 2.39 bits per heavy atom. The van der Waals surface area contributed by atoms with E-state index in [0.717, 1.165) is 42.0 Å². The van der Waals surface area contributed by atoms with Gasteiger partial charge in [-0.15, -0.1) is 23.5 Å². The number of hydrogen-bond acceptors (Lipinski definition) is 5. The van der Waals surface area contributed by atoms with Crippen molar-refractivity contribution in [3.8, 4) is 5.75 Å². The number of carbonyl (C=O) groups is 1. The Kier molecular flexibility index (Phi) is 8.09. The zero-order valence-corrected chi connectivity index (χ0v) is 22.0. The molecule has 0 radical (unpaired) electrons. The molecule has 0 bridgehead atoms. The van der Waals surface area contributed by atoms with Crippen LogP contribution in [-0.2, 0) is 12.8 Å². The summed E-state index contributed by atoms with van der Waals surface area (Å²) in [5.41, 5.74) is 0.767. The molecule has 2 heterocycles. The molecule has 0 spiro atoms. The number of hydrogen-bond donors (Lipinski definition) is 1. The van der Waals surface area contributed by atoms with Gasteiger partial charge in [0.25, 0.3) is 5.91 Å². The number of amides is 1. The summed E-state index contributed by atoms with van der Waals surface area (Å²) in [7, 11) is 0. The second-order valence-corrected chi connectivity index (χ2v) is 11.8. The Morgan fingerprint density at radius 1 is 1.00 bits per heavy atom. The van der Waals surface area contributed by atoms with Crippen LogP contribution in [0, 0.1) is 5.82 Å². The number of alkyl halides is 3. The molecule has 2 aliphatic heterocycles. The van der Waals surface area contributed by atoms with Gasteiger partial charge in [0.05, 0.1) is 10.1 Å². The predicted octanol–water partition coefficient (Wildman–Crippen LogP) is 7.75. The number of rotatable bonds is 7. The van der Waals surface area contributed by atoms with Crippen LogP contribution < -0.4 is 15.0 Å². The van der Waals surface area contributed by atoms with Crippen molar-refractivity contribution in [2.45, 2.75) is 30.2 Å². The van der Waals surface area contributed by atoms with E-state index in [0.29, 0.717) is 18.7 Å². The zero-order chi connectivity index (χ0) is 26.7. The monoisotopic (exact) mass is 562 g/mol. The zero-order valence-electron chi connectivity index (χ0n) is 20.4. The predicted molar refractivity (Wildman–Crippen MR) is 146 cm³/mol. The van der Waals surface area contributed by atoms with Crippen molar-refractivity contribution in [2.75, 3.05) is 34.8 Å². The molecule has 1 N–H and O–H groups in total. The van der Waals surface area contributed by atoms with Crippen LogP contribution in [-0.4, -0.2) is 30.5 Å². The summed E-state index contributed by atoms with van der Waals surface area (Å²) in [6, 6.07) is 15.8. The average Bonchev–Trinajstić information content (AvgIpc) is 3.63. The maximum Gasteiger partial charge on any atom is 0.418 e. The van der Waals surface area contributed by atoms with Gasteiger partial charge in [0, 0.05) is 47.1 Å². The van der Waals surface area contributed by atoms with Crippen LogP contribution in [0.2, 0.25) is 0 Å². The van der Waals surface area contributed by atoms with Gasteiger partial charge in [-0.3, -0.25) is 4.79 Å². The van der Waals surface area contributed by atoms with E-state index in [-0.39, 0.29) is 33.9 Å². The van der Waals surface area contributed by atoms with E-state index in [2.05, 4.69) is 5.32 Å². The summed E-state index contributed by atoms with van der Waals surface area (Å²) in [4.78, 5) is 14.8. The first-order valence-electron chi connectivity index (χ1n) is 12.3. The standard InChI is InChI=1S/C28H26F4N2O2S2/c29-23-15-19(14-21(27-37-12-13-38-27)25(23)36-17-18-6-2-1-3-7-18)26(35)33-20-8-9-24(34-10-4-5-11-34)22(16-20)28(30,31)32/h1-3,6-9,14-16,27H,4-5,10-13,17H2,(H,33,35). The molecule has 2 fully saturated rings. The fourth-order valence-electron chi connectivity index (χ4n) is 4.62. The van der Waals surface area contributed by atoms with Gasteiger partial charge in [0.2, 0.25) is 0 Å². The third-order valence-electron chi connectivity index (χ3n) is 6.44. The number of halogens is 4. The molecule has 0 unspecified atom stereocenters. The first-order valence-corrected chi connectivity index (χ1v) is 14.4. The number of benzene rings is 3. The van der Waals surface area contributed by atoms with Crippen LogP contribution in [0.5, 0.6) is 5.75 Å². The Hall–Kier alpha value is -2.85. The highest BCUT2D eigenvalue weighted by Gasteiger charge is 2.36. The van der Waals surface area contributed by atoms with Crippen molar-refractivity contribution >= 4 is 40.8 Å². The van der Waals surface area contributed by atoms with Crippen molar-refractivity contribution in [3.63, 3.8) is 0 Å². The van der Waals surface area contributed by atoms with Crippen LogP contribution >= 0.6 is 23.5 Å². The summed E-state index contributed by atoms with van der Waals surface area (Å²) < 4.78 is 62.7. The minimum Gasteiger partial charge on any atom is -0.485 e. The molecule has 2 aliphatic rings. The van der Waals surface area contributed by atoms with Gasteiger partial charge in [-0.2, -0.15) is 13.2 Å². The third kappa shape index (κ3) is 6.07. The normalized spacial score (nSPS) is 16.2. The SMILES string of the molecule is O=C(Nc1ccc(N2CCCC2)c(C(F)(F)F)c1)c1cc(F)c(OCc2ccccc2)c(C2SCCS2)c1. The number of nitrogens with zero attached hydrogens (tertiary/aromatic N) is 1. The molecule has 0 atom stereocenters. The smallest absolute Gasteiger partial charge is 0.418 e. The lowest BCUT2D eigenvalue weighted by molar-refractivity contribution is -0.137. The lowest BCUT2D eigenvalue weighted by Crippen LogP contribution is -2.22. The largest absolute Gasteiger partial charge is 0.485 e. The third-order valence-corrected chi connectivity index (χ3v) is 9.51. The van der Waals surface area contributed by atoms with Gasteiger partial charge in [-0.05, 0) is 48.7 Å². The van der Waals surface area contributed by atoms with E-state index >= 15 is 4.39 Å². The molecule has 0 aromatic heterocycles. The maximum absolute atomic E-state index is 15.3. The minimum atomic E-state index is -4.58. The Morgan fingerprint density at radius 2 is 1.71 bits per heavy atom. The number of ether oxygens (including phenoxy) is 1. The highest BCUT2D eigenvalue weighted by Crippen LogP contribution is 2.49. The molecule has 4 nitrogen and oxygen atoms in total. The van der Waals surface area contributed by atoms with E-state index in [1.807, 2.05) is 30.3 Å². The Bertz CT molecular complexity index is 1290. The van der Waals surface area contributed by atoms with Crippen molar-refractivity contribution in [2.24, 2.45) is 0 Å². The quantitative estimate of drug-likeness (QED) is 0.298. The molecule has 3 aromatic carbocycles. The van der Waals surface area contributed by atoms with Gasteiger partial charge >= 0.3 is 6.18 Å².